The Morgan fingerprint density at radius 3 is 2.67 bits per heavy atom. The average Bonchev–Trinajstić information content (AvgIpc) is 2.38. The van der Waals surface area contributed by atoms with Crippen LogP contribution in [0.1, 0.15) is 44.2 Å². The number of anilines is 1. The topological polar surface area (TPSA) is 24.9 Å². The number of nitrogens with one attached hydrogen (secondary N) is 1. The Hall–Kier alpha value is -1.57. The predicted octanol–water partition coefficient (Wildman–Crippen LogP) is 4.49. The molecule has 0 saturated carbocycles. The molecule has 0 aliphatic heterocycles. The Morgan fingerprint density at radius 1 is 1.22 bits per heavy atom. The van der Waals surface area contributed by atoms with E-state index in [0.717, 1.165) is 17.9 Å². The molecule has 1 atom stereocenters. The van der Waals surface area contributed by atoms with Gasteiger partial charge in [-0.15, -0.1) is 0 Å². The van der Waals surface area contributed by atoms with E-state index in [1.807, 2.05) is 0 Å². The molecule has 0 aliphatic carbocycles. The van der Waals surface area contributed by atoms with Crippen LogP contribution in [0.4, 0.5) is 5.82 Å². The molecule has 0 radical (unpaired) electrons. The second kappa shape index (κ2) is 5.38. The van der Waals surface area contributed by atoms with Gasteiger partial charge in [-0.2, -0.15) is 0 Å². The third kappa shape index (κ3) is 2.47. The van der Waals surface area contributed by atoms with Crippen LogP contribution in [0, 0.1) is 6.92 Å². The van der Waals surface area contributed by atoms with Gasteiger partial charge in [0, 0.05) is 11.9 Å². The third-order valence-electron chi connectivity index (χ3n) is 3.56. The number of hydrogen-bond acceptors (Lipinski definition) is 2. The predicted molar refractivity (Wildman–Crippen MR) is 79.3 cm³/mol. The number of rotatable bonds is 4. The Balaban J connectivity index is 2.48. The van der Waals surface area contributed by atoms with Crippen molar-refractivity contribution in [2.24, 2.45) is 0 Å². The molecular weight excluding hydrogens is 220 g/mol. The monoisotopic (exact) mass is 242 g/mol. The Morgan fingerprint density at radius 2 is 2.00 bits per heavy atom. The van der Waals surface area contributed by atoms with Gasteiger partial charge in [0.2, 0.25) is 0 Å². The molecule has 1 heterocycles. The highest BCUT2D eigenvalue weighted by atomic mass is 15.0. The quantitative estimate of drug-likeness (QED) is 0.854. The number of pyridine rings is 1. The van der Waals surface area contributed by atoms with Gasteiger partial charge in [-0.3, -0.25) is 0 Å². The van der Waals surface area contributed by atoms with Gasteiger partial charge < -0.3 is 5.32 Å². The number of nitrogens with zero attached hydrogens (tertiary/aromatic N) is 1. The van der Waals surface area contributed by atoms with Crippen molar-refractivity contribution in [1.82, 2.24) is 4.98 Å². The summed E-state index contributed by atoms with van der Waals surface area (Å²) < 4.78 is 0. The fourth-order valence-electron chi connectivity index (χ4n) is 2.19. The van der Waals surface area contributed by atoms with E-state index in [1.165, 1.54) is 22.9 Å². The maximum atomic E-state index is 4.68. The lowest BCUT2D eigenvalue weighted by molar-refractivity contribution is 0.734. The number of aromatic nitrogens is 1. The van der Waals surface area contributed by atoms with Crippen molar-refractivity contribution in [2.75, 3.05) is 11.9 Å². The third-order valence-corrected chi connectivity index (χ3v) is 3.56. The average molecular weight is 242 g/mol. The van der Waals surface area contributed by atoms with Gasteiger partial charge in [0.25, 0.3) is 0 Å². The molecule has 1 unspecified atom stereocenters. The van der Waals surface area contributed by atoms with Crippen molar-refractivity contribution in [2.45, 2.75) is 40.0 Å². The smallest absolute Gasteiger partial charge is 0.129 e. The summed E-state index contributed by atoms with van der Waals surface area (Å²) in [6, 6.07) is 8.84. The van der Waals surface area contributed by atoms with Crippen LogP contribution in [0.3, 0.4) is 0 Å². The standard InChI is InChI=1S/C16H22N2/c1-5-11(3)13-7-8-15-14(10-13)9-12(4)16(18-15)17-6-2/h7-11H,5-6H2,1-4H3,(H,17,18). The fraction of sp³-hybridized carbons (Fsp3) is 0.438. The second-order valence-corrected chi connectivity index (χ2v) is 4.95. The second-order valence-electron chi connectivity index (χ2n) is 4.95. The summed E-state index contributed by atoms with van der Waals surface area (Å²) in [5.74, 6) is 1.62. The highest BCUT2D eigenvalue weighted by molar-refractivity contribution is 5.82. The first-order valence-electron chi connectivity index (χ1n) is 6.80. The normalized spacial score (nSPS) is 12.7. The summed E-state index contributed by atoms with van der Waals surface area (Å²) in [4.78, 5) is 4.68. The van der Waals surface area contributed by atoms with E-state index in [1.54, 1.807) is 0 Å². The highest BCUT2D eigenvalue weighted by Crippen LogP contribution is 2.25. The molecule has 96 valence electrons. The Kier molecular flexibility index (Phi) is 3.85. The van der Waals surface area contributed by atoms with Crippen LogP contribution in [0.15, 0.2) is 24.3 Å². The van der Waals surface area contributed by atoms with Gasteiger partial charge in [-0.05, 0) is 55.5 Å². The van der Waals surface area contributed by atoms with E-state index < -0.39 is 0 Å². The summed E-state index contributed by atoms with van der Waals surface area (Å²) in [6.45, 7) is 9.61. The molecule has 0 fully saturated rings. The van der Waals surface area contributed by atoms with Crippen molar-refractivity contribution >= 4 is 16.7 Å². The lowest BCUT2D eigenvalue weighted by Crippen LogP contribution is -2.02. The first kappa shape index (κ1) is 12.9. The molecule has 0 saturated heterocycles. The lowest BCUT2D eigenvalue weighted by atomic mass is 9.97. The Labute approximate surface area is 109 Å². The zero-order valence-electron chi connectivity index (χ0n) is 11.7. The van der Waals surface area contributed by atoms with Crippen LogP contribution in [0.25, 0.3) is 10.9 Å². The molecule has 2 heteroatoms. The minimum atomic E-state index is 0.614. The number of aryl methyl sites for hydroxylation is 1. The molecule has 1 N–H and O–H groups in total. The molecule has 2 rings (SSSR count). The van der Waals surface area contributed by atoms with Crippen molar-refractivity contribution in [3.8, 4) is 0 Å². The summed E-state index contributed by atoms with van der Waals surface area (Å²) in [5.41, 5.74) is 3.69. The molecule has 0 spiro atoms. The largest absolute Gasteiger partial charge is 0.370 e. The summed E-state index contributed by atoms with van der Waals surface area (Å²) in [6.07, 6.45) is 1.17. The minimum absolute atomic E-state index is 0.614. The maximum Gasteiger partial charge on any atom is 0.129 e. The highest BCUT2D eigenvalue weighted by Gasteiger charge is 2.06. The van der Waals surface area contributed by atoms with Crippen molar-refractivity contribution in [1.29, 1.82) is 0 Å². The van der Waals surface area contributed by atoms with E-state index in [-0.39, 0.29) is 0 Å². The van der Waals surface area contributed by atoms with Crippen LogP contribution in [-0.2, 0) is 0 Å². The number of benzene rings is 1. The van der Waals surface area contributed by atoms with Crippen LogP contribution >= 0.6 is 0 Å². The summed E-state index contributed by atoms with van der Waals surface area (Å²) in [5, 5.41) is 4.55. The van der Waals surface area contributed by atoms with E-state index in [9.17, 15) is 0 Å². The first-order valence-corrected chi connectivity index (χ1v) is 6.80. The molecular formula is C16H22N2. The molecule has 1 aromatic heterocycles. The van der Waals surface area contributed by atoms with Gasteiger partial charge in [-0.25, -0.2) is 4.98 Å². The van der Waals surface area contributed by atoms with E-state index in [4.69, 9.17) is 0 Å². The summed E-state index contributed by atoms with van der Waals surface area (Å²) >= 11 is 0. The Bertz CT molecular complexity index is 546. The zero-order valence-corrected chi connectivity index (χ0v) is 11.7. The molecule has 2 aromatic rings. The van der Waals surface area contributed by atoms with Gasteiger partial charge >= 0.3 is 0 Å². The molecule has 18 heavy (non-hydrogen) atoms. The first-order chi connectivity index (χ1) is 8.65. The molecule has 0 aliphatic rings. The molecule has 0 bridgehead atoms. The summed E-state index contributed by atoms with van der Waals surface area (Å²) in [7, 11) is 0. The number of hydrogen-bond donors (Lipinski definition) is 1. The van der Waals surface area contributed by atoms with Gasteiger partial charge in [-0.1, -0.05) is 19.9 Å². The SMILES string of the molecule is CCNc1nc2ccc(C(C)CC)cc2cc1C. The lowest BCUT2D eigenvalue weighted by Gasteiger charge is -2.12. The van der Waals surface area contributed by atoms with Crippen molar-refractivity contribution < 1.29 is 0 Å². The zero-order chi connectivity index (χ0) is 13.1. The molecule has 0 amide bonds. The van der Waals surface area contributed by atoms with Gasteiger partial charge in [0.1, 0.15) is 5.82 Å². The van der Waals surface area contributed by atoms with Gasteiger partial charge in [0.05, 0.1) is 5.52 Å². The van der Waals surface area contributed by atoms with E-state index in [0.29, 0.717) is 5.92 Å². The fourth-order valence-corrected chi connectivity index (χ4v) is 2.19. The van der Waals surface area contributed by atoms with Crippen LogP contribution in [-0.4, -0.2) is 11.5 Å². The molecule has 1 aromatic carbocycles. The number of fused-ring (bicyclic) bond motifs is 1. The van der Waals surface area contributed by atoms with E-state index in [2.05, 4.69) is 62.3 Å². The van der Waals surface area contributed by atoms with Crippen molar-refractivity contribution in [3.05, 3.63) is 35.4 Å². The van der Waals surface area contributed by atoms with E-state index >= 15 is 0 Å². The molecule has 2 nitrogen and oxygen atoms in total. The van der Waals surface area contributed by atoms with Crippen LogP contribution in [0.5, 0.6) is 0 Å². The maximum absolute atomic E-state index is 4.68. The van der Waals surface area contributed by atoms with Gasteiger partial charge in [0.15, 0.2) is 0 Å². The van der Waals surface area contributed by atoms with Crippen LogP contribution in [0.2, 0.25) is 0 Å². The van der Waals surface area contributed by atoms with Crippen molar-refractivity contribution in [3.63, 3.8) is 0 Å². The van der Waals surface area contributed by atoms with Crippen LogP contribution < -0.4 is 5.32 Å². The minimum Gasteiger partial charge on any atom is -0.370 e.